The fraction of sp³-hybridized carbons (Fsp3) is 0.190. The Morgan fingerprint density at radius 2 is 2.00 bits per heavy atom. The average molecular weight is 363 g/mol. The Balaban J connectivity index is 1.74. The van der Waals surface area contributed by atoms with Crippen molar-refractivity contribution in [2.75, 3.05) is 6.54 Å². The van der Waals surface area contributed by atoms with Crippen LogP contribution in [0, 0.1) is 5.82 Å². The van der Waals surface area contributed by atoms with Crippen molar-refractivity contribution >= 4 is 11.7 Å². The van der Waals surface area contributed by atoms with Gasteiger partial charge in [-0.3, -0.25) is 14.6 Å². The first-order valence-corrected chi connectivity index (χ1v) is 8.72. The molecule has 4 rings (SSSR count). The number of fused-ring (bicyclic) bond motifs is 1. The molecular weight excluding hydrogens is 345 g/mol. The molecule has 5 nitrogen and oxygen atoms in total. The summed E-state index contributed by atoms with van der Waals surface area (Å²) in [5.74, 6) is -0.749. The predicted octanol–water partition coefficient (Wildman–Crippen LogP) is 3.93. The minimum absolute atomic E-state index is 0.0620. The summed E-state index contributed by atoms with van der Waals surface area (Å²) in [4.78, 5) is 31.1. The van der Waals surface area contributed by atoms with Gasteiger partial charge in [-0.1, -0.05) is 13.0 Å². The number of hydrogen-bond donors (Lipinski definition) is 2. The molecule has 1 aromatic carbocycles. The third kappa shape index (κ3) is 3.03. The monoisotopic (exact) mass is 363 g/mol. The van der Waals surface area contributed by atoms with Gasteiger partial charge in [0, 0.05) is 41.2 Å². The molecule has 0 bridgehead atoms. The number of nitrogens with zero attached hydrogens (tertiary/aromatic N) is 1. The molecule has 0 saturated heterocycles. The highest BCUT2D eigenvalue weighted by Crippen LogP contribution is 2.30. The number of nitrogens with one attached hydrogen (secondary N) is 2. The van der Waals surface area contributed by atoms with E-state index in [4.69, 9.17) is 0 Å². The lowest BCUT2D eigenvalue weighted by atomic mass is 9.99. The van der Waals surface area contributed by atoms with E-state index in [1.165, 1.54) is 19.1 Å². The van der Waals surface area contributed by atoms with Crippen LogP contribution in [0.4, 0.5) is 4.39 Å². The van der Waals surface area contributed by atoms with Crippen LogP contribution in [0.15, 0.2) is 42.6 Å². The van der Waals surface area contributed by atoms with Crippen LogP contribution in [-0.4, -0.2) is 28.2 Å². The molecule has 1 aliphatic rings. The number of hydrogen-bond acceptors (Lipinski definition) is 3. The number of rotatable bonds is 3. The van der Waals surface area contributed by atoms with Crippen LogP contribution >= 0.6 is 0 Å². The highest BCUT2D eigenvalue weighted by atomic mass is 19.1. The van der Waals surface area contributed by atoms with Gasteiger partial charge in [-0.2, -0.15) is 0 Å². The molecule has 0 radical (unpaired) electrons. The van der Waals surface area contributed by atoms with Crippen molar-refractivity contribution in [3.05, 3.63) is 65.2 Å². The molecule has 0 saturated carbocycles. The first-order valence-electron chi connectivity index (χ1n) is 8.72. The number of carbonyl (C=O) groups is 2. The van der Waals surface area contributed by atoms with Crippen LogP contribution in [0.1, 0.15) is 46.2 Å². The van der Waals surface area contributed by atoms with Gasteiger partial charge < -0.3 is 10.3 Å². The van der Waals surface area contributed by atoms with Crippen LogP contribution in [0.3, 0.4) is 0 Å². The Kier molecular flexibility index (Phi) is 4.11. The highest BCUT2D eigenvalue weighted by Gasteiger charge is 2.25. The number of amides is 1. The molecule has 136 valence electrons. The molecule has 1 atom stereocenters. The van der Waals surface area contributed by atoms with Crippen molar-refractivity contribution in [3.8, 4) is 22.5 Å². The fourth-order valence-electron chi connectivity index (χ4n) is 3.36. The Labute approximate surface area is 155 Å². The quantitative estimate of drug-likeness (QED) is 0.692. The van der Waals surface area contributed by atoms with Crippen LogP contribution in [0.2, 0.25) is 0 Å². The first kappa shape index (κ1) is 17.1. The van der Waals surface area contributed by atoms with E-state index in [1.807, 2.05) is 18.2 Å². The van der Waals surface area contributed by atoms with Crippen molar-refractivity contribution in [1.82, 2.24) is 15.3 Å². The zero-order valence-electron chi connectivity index (χ0n) is 15.0. The van der Waals surface area contributed by atoms with E-state index >= 15 is 0 Å². The van der Waals surface area contributed by atoms with Crippen LogP contribution in [0.25, 0.3) is 22.5 Å². The lowest BCUT2D eigenvalue weighted by Gasteiger charge is -2.18. The number of H-pyrrole nitrogens is 1. The molecule has 3 heterocycles. The molecule has 0 spiro atoms. The molecule has 6 heteroatoms. The third-order valence-corrected chi connectivity index (χ3v) is 4.87. The van der Waals surface area contributed by atoms with Gasteiger partial charge in [0.2, 0.25) is 0 Å². The Bertz CT molecular complexity index is 1070. The highest BCUT2D eigenvalue weighted by molar-refractivity contribution is 5.98. The number of benzene rings is 1. The third-order valence-electron chi connectivity index (χ3n) is 4.87. The summed E-state index contributed by atoms with van der Waals surface area (Å²) >= 11 is 0. The van der Waals surface area contributed by atoms with Crippen molar-refractivity contribution in [2.24, 2.45) is 0 Å². The predicted molar refractivity (Wildman–Crippen MR) is 100 cm³/mol. The van der Waals surface area contributed by atoms with Gasteiger partial charge >= 0.3 is 0 Å². The lowest BCUT2D eigenvalue weighted by molar-refractivity contribution is 0.0940. The fourth-order valence-corrected chi connectivity index (χ4v) is 3.36. The Hall–Kier alpha value is -3.28. The smallest absolute Gasteiger partial charge is 0.253 e. The second-order valence-electron chi connectivity index (χ2n) is 6.80. The summed E-state index contributed by atoms with van der Waals surface area (Å²) in [7, 11) is 0. The standard InChI is InChI=1S/C21H18FN3O2/c1-11-10-24-21(27)16-9-19(25-20(11)16)14-5-6-23-18(8-14)13-3-4-15(12(2)26)17(22)7-13/h3-9,11,25H,10H2,1-2H3,(H,24,27). The molecule has 2 aromatic heterocycles. The van der Waals surface area contributed by atoms with Gasteiger partial charge in [-0.15, -0.1) is 0 Å². The van der Waals surface area contributed by atoms with E-state index in [2.05, 4.69) is 22.2 Å². The molecule has 1 unspecified atom stereocenters. The second-order valence-corrected chi connectivity index (χ2v) is 6.80. The van der Waals surface area contributed by atoms with E-state index in [0.717, 1.165) is 17.0 Å². The number of Topliss-reactive ketones (excluding diaryl/α,β-unsaturated/α-hetero) is 1. The van der Waals surface area contributed by atoms with E-state index < -0.39 is 5.82 Å². The van der Waals surface area contributed by atoms with Crippen molar-refractivity contribution in [2.45, 2.75) is 19.8 Å². The summed E-state index contributed by atoms with van der Waals surface area (Å²) in [6.07, 6.45) is 1.64. The minimum atomic E-state index is -0.562. The molecular formula is C21H18FN3O2. The zero-order valence-corrected chi connectivity index (χ0v) is 15.0. The maximum atomic E-state index is 14.2. The normalized spacial score (nSPS) is 16.0. The Morgan fingerprint density at radius 1 is 1.19 bits per heavy atom. The van der Waals surface area contributed by atoms with E-state index in [0.29, 0.717) is 23.4 Å². The van der Waals surface area contributed by atoms with Crippen LogP contribution in [0.5, 0.6) is 0 Å². The van der Waals surface area contributed by atoms with Gasteiger partial charge in [-0.05, 0) is 37.3 Å². The number of ketones is 1. The van der Waals surface area contributed by atoms with Gasteiger partial charge in [0.15, 0.2) is 5.78 Å². The number of carbonyl (C=O) groups excluding carboxylic acids is 2. The average Bonchev–Trinajstić information content (AvgIpc) is 3.11. The summed E-state index contributed by atoms with van der Waals surface area (Å²) in [5.41, 5.74) is 4.47. The van der Waals surface area contributed by atoms with Crippen LogP contribution < -0.4 is 5.32 Å². The molecule has 1 aliphatic heterocycles. The number of aromatic amines is 1. The van der Waals surface area contributed by atoms with Crippen LogP contribution in [-0.2, 0) is 0 Å². The largest absolute Gasteiger partial charge is 0.357 e. The molecule has 3 aromatic rings. The summed E-state index contributed by atoms with van der Waals surface area (Å²) in [6.45, 7) is 3.99. The molecule has 1 amide bonds. The summed E-state index contributed by atoms with van der Waals surface area (Å²) in [6, 6.07) is 9.98. The Morgan fingerprint density at radius 3 is 2.70 bits per heavy atom. The van der Waals surface area contributed by atoms with E-state index in [-0.39, 0.29) is 23.2 Å². The maximum absolute atomic E-state index is 14.2. The number of halogens is 1. The maximum Gasteiger partial charge on any atom is 0.253 e. The van der Waals surface area contributed by atoms with Gasteiger partial charge in [0.25, 0.3) is 5.91 Å². The second kappa shape index (κ2) is 6.46. The number of aromatic nitrogens is 2. The van der Waals surface area contributed by atoms with Gasteiger partial charge in [-0.25, -0.2) is 4.39 Å². The van der Waals surface area contributed by atoms with Crippen molar-refractivity contribution < 1.29 is 14.0 Å². The topological polar surface area (TPSA) is 74.8 Å². The molecule has 0 aliphatic carbocycles. The molecule has 0 fully saturated rings. The van der Waals surface area contributed by atoms with E-state index in [1.54, 1.807) is 12.3 Å². The van der Waals surface area contributed by atoms with Gasteiger partial charge in [0.05, 0.1) is 16.8 Å². The minimum Gasteiger partial charge on any atom is -0.357 e. The summed E-state index contributed by atoms with van der Waals surface area (Å²) < 4.78 is 14.2. The number of pyridine rings is 1. The molecule has 2 N–H and O–H groups in total. The van der Waals surface area contributed by atoms with Crippen molar-refractivity contribution in [3.63, 3.8) is 0 Å². The zero-order chi connectivity index (χ0) is 19.1. The lowest BCUT2D eigenvalue weighted by Crippen LogP contribution is -2.33. The SMILES string of the molecule is CC(=O)c1ccc(-c2cc(-c3cc4c([nH]3)C(C)CNC4=O)ccn2)cc1F. The van der Waals surface area contributed by atoms with E-state index in [9.17, 15) is 14.0 Å². The van der Waals surface area contributed by atoms with Gasteiger partial charge in [0.1, 0.15) is 5.82 Å². The summed E-state index contributed by atoms with van der Waals surface area (Å²) in [5, 5.41) is 2.87. The van der Waals surface area contributed by atoms with Crippen molar-refractivity contribution in [1.29, 1.82) is 0 Å². The molecule has 27 heavy (non-hydrogen) atoms. The first-order chi connectivity index (χ1) is 12.9.